The second kappa shape index (κ2) is 11.6. The number of hydrogen-bond acceptors (Lipinski definition) is 5. The molecule has 0 aliphatic carbocycles. The molecule has 1 aliphatic rings. The van der Waals surface area contributed by atoms with Crippen molar-refractivity contribution in [3.8, 4) is 5.75 Å². The van der Waals surface area contributed by atoms with Crippen LogP contribution in [0.4, 0.5) is 4.79 Å². The van der Waals surface area contributed by atoms with Gasteiger partial charge in [-0.15, -0.1) is 0 Å². The van der Waals surface area contributed by atoms with Crippen molar-refractivity contribution in [1.82, 2.24) is 15.5 Å². The molecule has 1 aromatic carbocycles. The van der Waals surface area contributed by atoms with Crippen LogP contribution in [0.2, 0.25) is 0 Å². The highest BCUT2D eigenvalue weighted by Crippen LogP contribution is 2.13. The topological polar surface area (TPSA) is 97.0 Å². The maximum atomic E-state index is 12.3. The van der Waals surface area contributed by atoms with Crippen LogP contribution in [-0.4, -0.2) is 60.7 Å². The molecule has 1 heterocycles. The lowest BCUT2D eigenvalue weighted by Gasteiger charge is -2.32. The quantitative estimate of drug-likeness (QED) is 0.615. The SMILES string of the molecule is Cc1ccc(OCCCC(=O)NC2CCN(C(=O)CNC(=O)OC(C)(C)C)CC2)cc1. The molecule has 8 nitrogen and oxygen atoms in total. The Morgan fingerprint density at radius 3 is 2.35 bits per heavy atom. The molecule has 31 heavy (non-hydrogen) atoms. The van der Waals surface area contributed by atoms with Crippen LogP contribution in [0.5, 0.6) is 5.75 Å². The average molecular weight is 434 g/mol. The largest absolute Gasteiger partial charge is 0.494 e. The lowest BCUT2D eigenvalue weighted by Crippen LogP contribution is -2.49. The number of carbonyl (C=O) groups excluding carboxylic acids is 3. The van der Waals surface area contributed by atoms with Gasteiger partial charge in [0.1, 0.15) is 17.9 Å². The van der Waals surface area contributed by atoms with Gasteiger partial charge in [0.05, 0.1) is 6.61 Å². The van der Waals surface area contributed by atoms with Crippen LogP contribution in [0.25, 0.3) is 0 Å². The van der Waals surface area contributed by atoms with E-state index in [9.17, 15) is 14.4 Å². The predicted octanol–water partition coefficient (Wildman–Crippen LogP) is 2.79. The van der Waals surface area contributed by atoms with Crippen molar-refractivity contribution in [1.29, 1.82) is 0 Å². The van der Waals surface area contributed by atoms with Gasteiger partial charge in [-0.25, -0.2) is 4.79 Å². The fourth-order valence-corrected chi connectivity index (χ4v) is 3.20. The van der Waals surface area contributed by atoms with Crippen molar-refractivity contribution < 1.29 is 23.9 Å². The van der Waals surface area contributed by atoms with Gasteiger partial charge >= 0.3 is 6.09 Å². The first-order valence-corrected chi connectivity index (χ1v) is 10.9. The van der Waals surface area contributed by atoms with Crippen LogP contribution >= 0.6 is 0 Å². The number of piperidine rings is 1. The van der Waals surface area contributed by atoms with Crippen molar-refractivity contribution >= 4 is 17.9 Å². The van der Waals surface area contributed by atoms with Crippen LogP contribution in [-0.2, 0) is 14.3 Å². The van der Waals surface area contributed by atoms with Gasteiger partial charge in [0, 0.05) is 25.6 Å². The third-order valence-corrected chi connectivity index (χ3v) is 4.83. The minimum absolute atomic E-state index is 0.00359. The molecule has 2 rings (SSSR count). The summed E-state index contributed by atoms with van der Waals surface area (Å²) in [5, 5.41) is 5.53. The van der Waals surface area contributed by atoms with Crippen LogP contribution in [0.1, 0.15) is 52.0 Å². The van der Waals surface area contributed by atoms with Crippen molar-refractivity contribution in [2.45, 2.75) is 65.0 Å². The Kier molecular flexibility index (Phi) is 9.15. The molecule has 0 spiro atoms. The van der Waals surface area contributed by atoms with Crippen molar-refractivity contribution in [3.63, 3.8) is 0 Å². The lowest BCUT2D eigenvalue weighted by atomic mass is 10.0. The Balaban J connectivity index is 1.58. The Bertz CT molecular complexity index is 735. The second-order valence-corrected chi connectivity index (χ2v) is 8.84. The smallest absolute Gasteiger partial charge is 0.408 e. The maximum Gasteiger partial charge on any atom is 0.408 e. The lowest BCUT2D eigenvalue weighted by molar-refractivity contribution is -0.131. The number of nitrogens with zero attached hydrogens (tertiary/aromatic N) is 1. The molecule has 2 N–H and O–H groups in total. The highest BCUT2D eigenvalue weighted by atomic mass is 16.6. The molecule has 3 amide bonds. The van der Waals surface area contributed by atoms with E-state index in [1.807, 2.05) is 31.2 Å². The van der Waals surface area contributed by atoms with Crippen LogP contribution < -0.4 is 15.4 Å². The zero-order valence-corrected chi connectivity index (χ0v) is 19.0. The summed E-state index contributed by atoms with van der Waals surface area (Å²) in [4.78, 5) is 37.8. The van der Waals surface area contributed by atoms with Gasteiger partial charge < -0.3 is 25.0 Å². The predicted molar refractivity (Wildman–Crippen MR) is 118 cm³/mol. The molecule has 0 aromatic heterocycles. The number of hydrogen-bond donors (Lipinski definition) is 2. The molecule has 8 heteroatoms. The highest BCUT2D eigenvalue weighted by Gasteiger charge is 2.24. The maximum absolute atomic E-state index is 12.3. The standard InChI is InChI=1S/C23H35N3O5/c1-17-7-9-19(10-8-17)30-15-5-6-20(27)25-18-11-13-26(14-12-18)21(28)16-24-22(29)31-23(2,3)4/h7-10,18H,5-6,11-16H2,1-4H3,(H,24,29)(H,25,27). The molecule has 0 saturated carbocycles. The molecule has 0 unspecified atom stereocenters. The van der Waals surface area contributed by atoms with Gasteiger partial charge in [-0.2, -0.15) is 0 Å². The van der Waals surface area contributed by atoms with Crippen LogP contribution in [0.15, 0.2) is 24.3 Å². The normalized spacial score (nSPS) is 14.6. The number of carbonyl (C=O) groups is 3. The number of alkyl carbamates (subject to hydrolysis) is 1. The zero-order valence-electron chi connectivity index (χ0n) is 19.0. The molecular formula is C23H35N3O5. The molecule has 0 radical (unpaired) electrons. The summed E-state index contributed by atoms with van der Waals surface area (Å²) in [5.41, 5.74) is 0.579. The third-order valence-electron chi connectivity index (χ3n) is 4.83. The summed E-state index contributed by atoms with van der Waals surface area (Å²) < 4.78 is 10.8. The summed E-state index contributed by atoms with van der Waals surface area (Å²) in [6, 6.07) is 7.90. The fraction of sp³-hybridized carbons (Fsp3) is 0.609. The van der Waals surface area contributed by atoms with Crippen molar-refractivity contribution in [2.75, 3.05) is 26.2 Å². The Morgan fingerprint density at radius 2 is 1.74 bits per heavy atom. The Morgan fingerprint density at radius 1 is 1.10 bits per heavy atom. The highest BCUT2D eigenvalue weighted by molar-refractivity contribution is 5.82. The molecule has 1 saturated heterocycles. The molecule has 172 valence electrons. The van der Waals surface area contributed by atoms with E-state index in [1.54, 1.807) is 25.7 Å². The number of rotatable bonds is 8. The van der Waals surface area contributed by atoms with E-state index < -0.39 is 11.7 Å². The van der Waals surface area contributed by atoms with E-state index in [-0.39, 0.29) is 24.4 Å². The third kappa shape index (κ3) is 9.72. The number of amides is 3. The fourth-order valence-electron chi connectivity index (χ4n) is 3.20. The summed E-state index contributed by atoms with van der Waals surface area (Å²) in [6.07, 6.45) is 1.85. The average Bonchev–Trinajstić information content (AvgIpc) is 2.70. The summed E-state index contributed by atoms with van der Waals surface area (Å²) in [5.74, 6) is 0.664. The summed E-state index contributed by atoms with van der Waals surface area (Å²) >= 11 is 0. The van der Waals surface area contributed by atoms with Gasteiger partial charge in [-0.3, -0.25) is 9.59 Å². The molecule has 0 atom stereocenters. The van der Waals surface area contributed by atoms with Gasteiger partial charge in [-0.05, 0) is 59.1 Å². The van der Waals surface area contributed by atoms with Gasteiger partial charge in [-0.1, -0.05) is 17.7 Å². The number of ether oxygens (including phenoxy) is 2. The molecule has 1 aromatic rings. The first-order valence-electron chi connectivity index (χ1n) is 10.9. The minimum Gasteiger partial charge on any atom is -0.494 e. The monoisotopic (exact) mass is 433 g/mol. The van der Waals surface area contributed by atoms with E-state index in [2.05, 4.69) is 10.6 Å². The first-order chi connectivity index (χ1) is 14.6. The second-order valence-electron chi connectivity index (χ2n) is 8.84. The van der Waals surface area contributed by atoms with Crippen LogP contribution in [0, 0.1) is 6.92 Å². The van der Waals surface area contributed by atoms with Crippen LogP contribution in [0.3, 0.4) is 0 Å². The number of benzene rings is 1. The first kappa shape index (κ1) is 24.5. The Hall–Kier alpha value is -2.77. The zero-order chi connectivity index (χ0) is 22.9. The van der Waals surface area contributed by atoms with E-state index in [1.165, 1.54) is 5.56 Å². The van der Waals surface area contributed by atoms with E-state index in [0.29, 0.717) is 45.4 Å². The number of aryl methyl sites for hydroxylation is 1. The molecular weight excluding hydrogens is 398 g/mol. The van der Waals surface area contributed by atoms with E-state index >= 15 is 0 Å². The minimum atomic E-state index is -0.602. The summed E-state index contributed by atoms with van der Waals surface area (Å²) in [7, 11) is 0. The summed E-state index contributed by atoms with van der Waals surface area (Å²) in [6.45, 7) is 8.84. The van der Waals surface area contributed by atoms with Crippen molar-refractivity contribution in [3.05, 3.63) is 29.8 Å². The molecule has 1 aliphatic heterocycles. The Labute approximate surface area is 184 Å². The van der Waals surface area contributed by atoms with Crippen molar-refractivity contribution in [2.24, 2.45) is 0 Å². The molecule has 1 fully saturated rings. The van der Waals surface area contributed by atoms with Gasteiger partial charge in [0.15, 0.2) is 0 Å². The number of likely N-dealkylation sites (tertiary alicyclic amines) is 1. The molecule has 0 bridgehead atoms. The number of nitrogens with one attached hydrogen (secondary N) is 2. The van der Waals surface area contributed by atoms with E-state index in [4.69, 9.17) is 9.47 Å². The van der Waals surface area contributed by atoms with Gasteiger partial charge in [0.25, 0.3) is 0 Å². The van der Waals surface area contributed by atoms with E-state index in [0.717, 1.165) is 5.75 Å². The van der Waals surface area contributed by atoms with Gasteiger partial charge in [0.2, 0.25) is 11.8 Å².